The molecule has 6 heteroatoms. The van der Waals surface area contributed by atoms with Crippen LogP contribution in [0.2, 0.25) is 10.0 Å². The van der Waals surface area contributed by atoms with Gasteiger partial charge in [0.15, 0.2) is 0 Å². The summed E-state index contributed by atoms with van der Waals surface area (Å²) in [6.45, 7) is 0. The number of carboxylic acid groups (broad SMARTS) is 1. The molecule has 0 aromatic heterocycles. The van der Waals surface area contributed by atoms with Crippen LogP contribution in [0, 0.1) is 0 Å². The lowest BCUT2D eigenvalue weighted by molar-refractivity contribution is -0.136. The second-order valence-electron chi connectivity index (χ2n) is 3.15. The van der Waals surface area contributed by atoms with Gasteiger partial charge in [-0.3, -0.25) is 15.1 Å². The molecule has 0 heterocycles. The number of benzene rings is 1. The van der Waals surface area contributed by atoms with Gasteiger partial charge in [-0.05, 0) is 18.2 Å². The van der Waals surface area contributed by atoms with Crippen LogP contribution < -0.4 is 5.48 Å². The summed E-state index contributed by atoms with van der Waals surface area (Å²) in [5.41, 5.74) is 3.82. The van der Waals surface area contributed by atoms with Crippen molar-refractivity contribution >= 4 is 34.9 Å². The summed E-state index contributed by atoms with van der Waals surface area (Å²) in [6.07, 6.45) is 1.37. The summed E-state index contributed by atoms with van der Waals surface area (Å²) in [5.74, 6) is -0.930. The predicted octanol–water partition coefficient (Wildman–Crippen LogP) is 2.96. The summed E-state index contributed by atoms with van der Waals surface area (Å²) in [4.78, 5) is 15.3. The molecule has 1 rings (SSSR count). The first kappa shape index (κ1) is 13.8. The highest BCUT2D eigenvalue weighted by Crippen LogP contribution is 2.25. The van der Waals surface area contributed by atoms with Crippen LogP contribution in [0.4, 0.5) is 0 Å². The molecule has 1 aromatic rings. The van der Waals surface area contributed by atoms with Gasteiger partial charge in [0.25, 0.3) is 0 Å². The van der Waals surface area contributed by atoms with Crippen molar-refractivity contribution < 1.29 is 14.7 Å². The van der Waals surface area contributed by atoms with Gasteiger partial charge in [0.05, 0.1) is 29.3 Å². The molecule has 0 aliphatic rings. The molecule has 0 fully saturated rings. The van der Waals surface area contributed by atoms with Gasteiger partial charge in [-0.2, -0.15) is 0 Å². The van der Waals surface area contributed by atoms with E-state index in [1.807, 2.05) is 0 Å². The van der Waals surface area contributed by atoms with Crippen molar-refractivity contribution in [2.45, 2.75) is 6.42 Å². The fourth-order valence-electron chi connectivity index (χ4n) is 1.18. The largest absolute Gasteiger partial charge is 0.481 e. The van der Waals surface area contributed by atoms with Gasteiger partial charge >= 0.3 is 5.97 Å². The second kappa shape index (κ2) is 6.49. The van der Waals surface area contributed by atoms with Crippen LogP contribution in [-0.4, -0.2) is 18.2 Å². The molecule has 0 saturated carbocycles. The van der Waals surface area contributed by atoms with Crippen molar-refractivity contribution in [3.8, 4) is 0 Å². The summed E-state index contributed by atoms with van der Waals surface area (Å²) in [5, 5.41) is 9.44. The minimum atomic E-state index is -0.930. The Morgan fingerprint density at radius 3 is 2.71 bits per heavy atom. The van der Waals surface area contributed by atoms with E-state index in [1.54, 1.807) is 18.2 Å². The molecule has 0 radical (unpaired) electrons. The third-order valence-corrected chi connectivity index (χ3v) is 2.66. The Labute approximate surface area is 109 Å². The van der Waals surface area contributed by atoms with Crippen molar-refractivity contribution in [1.29, 1.82) is 0 Å². The van der Waals surface area contributed by atoms with Crippen LogP contribution in [0.3, 0.4) is 0 Å². The van der Waals surface area contributed by atoms with Crippen LogP contribution in [0.15, 0.2) is 24.3 Å². The first-order chi connectivity index (χ1) is 8.04. The van der Waals surface area contributed by atoms with E-state index in [0.717, 1.165) is 0 Å². The van der Waals surface area contributed by atoms with Crippen molar-refractivity contribution in [2.75, 3.05) is 7.11 Å². The number of hydroxylamine groups is 1. The van der Waals surface area contributed by atoms with E-state index in [0.29, 0.717) is 21.3 Å². The van der Waals surface area contributed by atoms with Crippen LogP contribution in [0.25, 0.3) is 5.70 Å². The van der Waals surface area contributed by atoms with E-state index >= 15 is 0 Å². The van der Waals surface area contributed by atoms with Gasteiger partial charge in [0, 0.05) is 5.56 Å². The van der Waals surface area contributed by atoms with Gasteiger partial charge < -0.3 is 5.11 Å². The molecule has 17 heavy (non-hydrogen) atoms. The Bertz CT molecular complexity index is 446. The van der Waals surface area contributed by atoms with Crippen LogP contribution in [-0.2, 0) is 9.63 Å². The van der Waals surface area contributed by atoms with Crippen molar-refractivity contribution in [1.82, 2.24) is 5.48 Å². The second-order valence-corrected chi connectivity index (χ2v) is 3.97. The molecular weight excluding hydrogens is 265 g/mol. The summed E-state index contributed by atoms with van der Waals surface area (Å²) < 4.78 is 0. The highest BCUT2D eigenvalue weighted by molar-refractivity contribution is 6.42. The average molecular weight is 276 g/mol. The molecule has 0 aliphatic carbocycles. The SMILES string of the molecule is CONC(=CCC(=O)O)c1ccc(Cl)c(Cl)c1. The maximum atomic E-state index is 10.5. The highest BCUT2D eigenvalue weighted by atomic mass is 35.5. The summed E-state index contributed by atoms with van der Waals surface area (Å²) in [7, 11) is 1.44. The van der Waals surface area contributed by atoms with E-state index in [2.05, 4.69) is 5.48 Å². The first-order valence-electron chi connectivity index (χ1n) is 4.71. The maximum absolute atomic E-state index is 10.5. The highest BCUT2D eigenvalue weighted by Gasteiger charge is 2.05. The molecule has 0 bridgehead atoms. The van der Waals surface area contributed by atoms with Crippen LogP contribution in [0.1, 0.15) is 12.0 Å². The fraction of sp³-hybridized carbons (Fsp3) is 0.182. The van der Waals surface area contributed by atoms with E-state index in [-0.39, 0.29) is 6.42 Å². The molecule has 0 aliphatic heterocycles. The first-order valence-corrected chi connectivity index (χ1v) is 5.46. The number of halogens is 2. The van der Waals surface area contributed by atoms with E-state index in [1.165, 1.54) is 13.2 Å². The van der Waals surface area contributed by atoms with Gasteiger partial charge in [-0.1, -0.05) is 29.3 Å². The molecule has 2 N–H and O–H groups in total. The Morgan fingerprint density at radius 2 is 2.18 bits per heavy atom. The third kappa shape index (κ3) is 4.26. The number of nitrogens with one attached hydrogen (secondary N) is 1. The molecular formula is C11H11Cl2NO3. The number of rotatable bonds is 5. The topological polar surface area (TPSA) is 58.6 Å². The lowest BCUT2D eigenvalue weighted by atomic mass is 10.1. The normalized spacial score (nSPS) is 11.4. The minimum absolute atomic E-state index is 0.119. The van der Waals surface area contributed by atoms with Crippen molar-refractivity contribution in [3.63, 3.8) is 0 Å². The number of hydrogen-bond donors (Lipinski definition) is 2. The van der Waals surface area contributed by atoms with Crippen LogP contribution >= 0.6 is 23.2 Å². The lowest BCUT2D eigenvalue weighted by Gasteiger charge is -2.09. The zero-order valence-corrected chi connectivity index (χ0v) is 10.5. The predicted molar refractivity (Wildman–Crippen MR) is 66.8 cm³/mol. The molecule has 92 valence electrons. The average Bonchev–Trinajstić information content (AvgIpc) is 2.28. The minimum Gasteiger partial charge on any atom is -0.481 e. The zero-order chi connectivity index (χ0) is 12.8. The molecule has 0 amide bonds. The molecule has 0 atom stereocenters. The lowest BCUT2D eigenvalue weighted by Crippen LogP contribution is -2.10. The van der Waals surface area contributed by atoms with Crippen molar-refractivity contribution in [3.05, 3.63) is 39.9 Å². The standard InChI is InChI=1S/C11H11Cl2NO3/c1-17-14-10(4-5-11(15)16)7-2-3-8(12)9(13)6-7/h2-4,6,14H,5H2,1H3,(H,15,16). The number of aliphatic carboxylic acids is 1. The quantitative estimate of drug-likeness (QED) is 0.812. The Kier molecular flexibility index (Phi) is 5.28. The Morgan fingerprint density at radius 1 is 1.47 bits per heavy atom. The van der Waals surface area contributed by atoms with Gasteiger partial charge in [-0.15, -0.1) is 0 Å². The van der Waals surface area contributed by atoms with Crippen molar-refractivity contribution in [2.24, 2.45) is 0 Å². The van der Waals surface area contributed by atoms with Gasteiger partial charge in [0.1, 0.15) is 0 Å². The number of hydrogen-bond acceptors (Lipinski definition) is 3. The molecule has 1 aromatic carbocycles. The maximum Gasteiger partial charge on any atom is 0.307 e. The summed E-state index contributed by atoms with van der Waals surface area (Å²) >= 11 is 11.7. The van der Waals surface area contributed by atoms with E-state index < -0.39 is 5.97 Å². The third-order valence-electron chi connectivity index (χ3n) is 1.92. The Balaban J connectivity index is 3.00. The molecule has 0 spiro atoms. The molecule has 4 nitrogen and oxygen atoms in total. The zero-order valence-electron chi connectivity index (χ0n) is 9.04. The smallest absolute Gasteiger partial charge is 0.307 e. The van der Waals surface area contributed by atoms with E-state index in [9.17, 15) is 4.79 Å². The number of carbonyl (C=O) groups is 1. The fourth-order valence-corrected chi connectivity index (χ4v) is 1.48. The Hall–Kier alpha value is -1.23. The van der Waals surface area contributed by atoms with Gasteiger partial charge in [-0.25, -0.2) is 0 Å². The van der Waals surface area contributed by atoms with E-state index in [4.69, 9.17) is 33.1 Å². The monoisotopic (exact) mass is 275 g/mol. The molecule has 0 unspecified atom stereocenters. The van der Waals surface area contributed by atoms with Gasteiger partial charge in [0.2, 0.25) is 0 Å². The number of carboxylic acids is 1. The summed E-state index contributed by atoms with van der Waals surface area (Å²) in [6, 6.07) is 4.97. The molecule has 0 saturated heterocycles. The van der Waals surface area contributed by atoms with Crippen LogP contribution in [0.5, 0.6) is 0 Å².